The van der Waals surface area contributed by atoms with E-state index >= 15 is 0 Å². The molecule has 0 fully saturated rings. The molecule has 1 aromatic heterocycles. The number of aromatic nitrogens is 1. The first-order valence-electron chi connectivity index (χ1n) is 5.58. The highest BCUT2D eigenvalue weighted by molar-refractivity contribution is 8.13. The van der Waals surface area contributed by atoms with E-state index in [0.29, 0.717) is 0 Å². The second-order valence-corrected chi connectivity index (χ2v) is 5.86. The van der Waals surface area contributed by atoms with E-state index in [1.54, 1.807) is 6.92 Å². The average molecular weight is 305 g/mol. The number of ether oxygens (including phenoxy) is 1. The standard InChI is InChI=1S/C11H15NO5S2/c1-3-17-11(16)8-4-12-10(19-8)9(15)7(14)5-18-6(2)13/h4,7,9,14-15H,3,5H2,1-2H3. The molecule has 0 radical (unpaired) electrons. The monoisotopic (exact) mass is 305 g/mol. The number of carbonyl (C=O) groups excluding carboxylic acids is 2. The number of thiazole rings is 1. The van der Waals surface area contributed by atoms with Crippen LogP contribution in [0.3, 0.4) is 0 Å². The number of hydrogen-bond acceptors (Lipinski definition) is 8. The zero-order valence-corrected chi connectivity index (χ0v) is 12.2. The van der Waals surface area contributed by atoms with Crippen molar-refractivity contribution in [2.45, 2.75) is 26.1 Å². The third-order valence-electron chi connectivity index (χ3n) is 2.08. The van der Waals surface area contributed by atoms with E-state index in [2.05, 4.69) is 4.98 Å². The second-order valence-electron chi connectivity index (χ2n) is 3.60. The molecule has 0 saturated carbocycles. The molecule has 19 heavy (non-hydrogen) atoms. The second kappa shape index (κ2) is 7.59. The highest BCUT2D eigenvalue weighted by atomic mass is 32.2. The molecule has 106 valence electrons. The molecule has 2 unspecified atom stereocenters. The first-order chi connectivity index (χ1) is 8.95. The highest BCUT2D eigenvalue weighted by Gasteiger charge is 2.23. The molecule has 0 bridgehead atoms. The molecule has 0 amide bonds. The summed E-state index contributed by atoms with van der Waals surface area (Å²) in [5, 5.41) is 19.6. The zero-order chi connectivity index (χ0) is 14.4. The molecule has 2 atom stereocenters. The Bertz CT molecular complexity index is 448. The first kappa shape index (κ1) is 16.1. The van der Waals surface area contributed by atoms with Crippen LogP contribution >= 0.6 is 23.1 Å². The van der Waals surface area contributed by atoms with Crippen molar-refractivity contribution in [2.75, 3.05) is 12.4 Å². The number of hydrogen-bond donors (Lipinski definition) is 2. The Morgan fingerprint density at radius 3 is 2.79 bits per heavy atom. The lowest BCUT2D eigenvalue weighted by molar-refractivity contribution is -0.109. The normalized spacial score (nSPS) is 13.9. The van der Waals surface area contributed by atoms with E-state index in [1.165, 1.54) is 13.1 Å². The van der Waals surface area contributed by atoms with Gasteiger partial charge in [-0.15, -0.1) is 11.3 Å². The van der Waals surface area contributed by atoms with Gasteiger partial charge in [-0.2, -0.15) is 0 Å². The lowest BCUT2D eigenvalue weighted by atomic mass is 10.2. The van der Waals surface area contributed by atoms with E-state index in [-0.39, 0.29) is 27.4 Å². The number of rotatable bonds is 6. The maximum absolute atomic E-state index is 11.4. The van der Waals surface area contributed by atoms with E-state index in [4.69, 9.17) is 4.74 Å². The maximum Gasteiger partial charge on any atom is 0.349 e. The van der Waals surface area contributed by atoms with Crippen LogP contribution in [0.5, 0.6) is 0 Å². The smallest absolute Gasteiger partial charge is 0.349 e. The fraction of sp³-hybridized carbons (Fsp3) is 0.545. The number of aliphatic hydroxyl groups excluding tert-OH is 2. The van der Waals surface area contributed by atoms with Crippen LogP contribution in [0, 0.1) is 0 Å². The fourth-order valence-corrected chi connectivity index (χ4v) is 2.62. The Morgan fingerprint density at radius 1 is 1.53 bits per heavy atom. The van der Waals surface area contributed by atoms with Gasteiger partial charge in [-0.3, -0.25) is 4.79 Å². The summed E-state index contributed by atoms with van der Waals surface area (Å²) in [6, 6.07) is 0. The lowest BCUT2D eigenvalue weighted by Crippen LogP contribution is -2.21. The van der Waals surface area contributed by atoms with Crippen LogP contribution < -0.4 is 0 Å². The third kappa shape index (κ3) is 4.90. The predicted octanol–water partition coefficient (Wildman–Crippen LogP) is 0.994. The molecule has 0 aliphatic rings. The summed E-state index contributed by atoms with van der Waals surface area (Å²) in [7, 11) is 0. The Hall–Kier alpha value is -0.960. The molecule has 1 rings (SSSR count). The van der Waals surface area contributed by atoms with E-state index in [0.717, 1.165) is 23.1 Å². The molecule has 1 aromatic rings. The molecule has 0 saturated heterocycles. The SMILES string of the molecule is CCOC(=O)c1cnc(C(O)C(O)CSC(C)=O)s1. The van der Waals surface area contributed by atoms with Crippen molar-refractivity contribution in [1.29, 1.82) is 0 Å². The summed E-state index contributed by atoms with van der Waals surface area (Å²) in [4.78, 5) is 26.3. The molecule has 0 aliphatic carbocycles. The molecule has 8 heteroatoms. The molecule has 0 aliphatic heterocycles. The summed E-state index contributed by atoms with van der Waals surface area (Å²) in [5.74, 6) is -0.434. The Morgan fingerprint density at radius 2 is 2.21 bits per heavy atom. The third-order valence-corrected chi connectivity index (χ3v) is 4.04. The van der Waals surface area contributed by atoms with Gasteiger partial charge in [0, 0.05) is 12.7 Å². The molecule has 2 N–H and O–H groups in total. The van der Waals surface area contributed by atoms with E-state index in [9.17, 15) is 19.8 Å². The van der Waals surface area contributed by atoms with Gasteiger partial charge in [0.15, 0.2) is 5.12 Å². The summed E-state index contributed by atoms with van der Waals surface area (Å²) < 4.78 is 4.80. The van der Waals surface area contributed by atoms with Crippen molar-refractivity contribution >= 4 is 34.2 Å². The van der Waals surface area contributed by atoms with E-state index in [1.807, 2.05) is 0 Å². The summed E-state index contributed by atoms with van der Waals surface area (Å²) in [5.41, 5.74) is 0. The van der Waals surface area contributed by atoms with Crippen molar-refractivity contribution in [3.63, 3.8) is 0 Å². The number of thioether (sulfide) groups is 1. The van der Waals surface area contributed by atoms with Crippen LogP contribution in [0.15, 0.2) is 6.20 Å². The van der Waals surface area contributed by atoms with Gasteiger partial charge in [0.2, 0.25) is 0 Å². The summed E-state index contributed by atoms with van der Waals surface area (Å²) in [6.07, 6.45) is -1.04. The van der Waals surface area contributed by atoms with Crippen molar-refractivity contribution in [3.8, 4) is 0 Å². The molecule has 1 heterocycles. The van der Waals surface area contributed by atoms with Crippen LogP contribution in [0.25, 0.3) is 0 Å². The van der Waals surface area contributed by atoms with Crippen LogP contribution in [0.4, 0.5) is 0 Å². The van der Waals surface area contributed by atoms with Crippen LogP contribution in [-0.2, 0) is 9.53 Å². The van der Waals surface area contributed by atoms with Gasteiger partial charge in [-0.05, 0) is 6.92 Å². The van der Waals surface area contributed by atoms with Gasteiger partial charge in [0.05, 0.1) is 18.9 Å². The van der Waals surface area contributed by atoms with Crippen molar-refractivity contribution < 1.29 is 24.5 Å². The van der Waals surface area contributed by atoms with Gasteiger partial charge in [-0.25, -0.2) is 9.78 Å². The number of esters is 1. The van der Waals surface area contributed by atoms with Gasteiger partial charge in [0.1, 0.15) is 16.0 Å². The quantitative estimate of drug-likeness (QED) is 0.757. The number of carbonyl (C=O) groups is 2. The van der Waals surface area contributed by atoms with Gasteiger partial charge in [0.25, 0.3) is 0 Å². The van der Waals surface area contributed by atoms with Crippen molar-refractivity contribution in [3.05, 3.63) is 16.1 Å². The molecular formula is C11H15NO5S2. The Labute approximate surface area is 118 Å². The fourth-order valence-electron chi connectivity index (χ4n) is 1.18. The average Bonchev–Trinajstić information content (AvgIpc) is 2.84. The predicted molar refractivity (Wildman–Crippen MR) is 72.2 cm³/mol. The Balaban J connectivity index is 2.64. The minimum absolute atomic E-state index is 0.0742. The molecule has 0 spiro atoms. The topological polar surface area (TPSA) is 96.7 Å². The van der Waals surface area contributed by atoms with Gasteiger partial charge < -0.3 is 14.9 Å². The number of aliphatic hydroxyl groups is 2. The van der Waals surface area contributed by atoms with Crippen LogP contribution in [0.1, 0.15) is 34.6 Å². The highest BCUT2D eigenvalue weighted by Crippen LogP contribution is 2.25. The molecule has 0 aromatic carbocycles. The molecular weight excluding hydrogens is 290 g/mol. The molecule has 6 nitrogen and oxygen atoms in total. The van der Waals surface area contributed by atoms with Gasteiger partial charge >= 0.3 is 5.97 Å². The van der Waals surface area contributed by atoms with Crippen LogP contribution in [0.2, 0.25) is 0 Å². The van der Waals surface area contributed by atoms with Crippen molar-refractivity contribution in [1.82, 2.24) is 4.98 Å². The van der Waals surface area contributed by atoms with Crippen molar-refractivity contribution in [2.24, 2.45) is 0 Å². The zero-order valence-electron chi connectivity index (χ0n) is 10.5. The van der Waals surface area contributed by atoms with E-state index < -0.39 is 18.2 Å². The Kier molecular flexibility index (Phi) is 6.43. The largest absolute Gasteiger partial charge is 0.462 e. The number of nitrogens with zero attached hydrogens (tertiary/aromatic N) is 1. The summed E-state index contributed by atoms with van der Waals surface area (Å²) >= 11 is 1.88. The van der Waals surface area contributed by atoms with Gasteiger partial charge in [-0.1, -0.05) is 11.8 Å². The minimum Gasteiger partial charge on any atom is -0.462 e. The first-order valence-corrected chi connectivity index (χ1v) is 7.38. The minimum atomic E-state index is -1.22. The lowest BCUT2D eigenvalue weighted by Gasteiger charge is -2.14. The van der Waals surface area contributed by atoms with Crippen LogP contribution in [-0.4, -0.2) is 44.7 Å². The summed E-state index contributed by atoms with van der Waals surface area (Å²) in [6.45, 7) is 3.33. The maximum atomic E-state index is 11.4.